The highest BCUT2D eigenvalue weighted by Gasteiger charge is 1.82. The van der Waals surface area contributed by atoms with E-state index in [4.69, 9.17) is 5.73 Å². The van der Waals surface area contributed by atoms with Gasteiger partial charge in [-0.1, -0.05) is 52.5 Å². The van der Waals surface area contributed by atoms with Crippen molar-refractivity contribution in [2.24, 2.45) is 0 Å². The van der Waals surface area contributed by atoms with Crippen LogP contribution < -0.4 is 5.73 Å². The van der Waals surface area contributed by atoms with Crippen LogP contribution >= 0.6 is 0 Å². The summed E-state index contributed by atoms with van der Waals surface area (Å²) in [6, 6.07) is 7.58. The Hall–Kier alpha value is -1.24. The molecule has 0 saturated heterocycles. The van der Waals surface area contributed by atoms with Crippen LogP contribution in [0.5, 0.6) is 0 Å². The molecule has 1 heteroatoms. The lowest BCUT2D eigenvalue weighted by Gasteiger charge is -1.91. The van der Waals surface area contributed by atoms with Crippen LogP contribution in [0.1, 0.15) is 33.3 Å². The first-order valence-electron chi connectivity index (χ1n) is 4.81. The second-order valence-electron chi connectivity index (χ2n) is 1.87. The van der Waals surface area contributed by atoms with Crippen LogP contribution in [0, 0.1) is 0 Å². The van der Waals surface area contributed by atoms with Crippen LogP contribution in [0.25, 0.3) is 6.08 Å². The van der Waals surface area contributed by atoms with Gasteiger partial charge in [0.1, 0.15) is 0 Å². The molecule has 1 nitrogen and oxygen atoms in total. The Labute approximate surface area is 82.3 Å². The minimum absolute atomic E-state index is 0.792. The quantitative estimate of drug-likeness (QED) is 0.649. The Kier molecular flexibility index (Phi) is 11.8. The zero-order valence-electron chi connectivity index (χ0n) is 9.17. The van der Waals surface area contributed by atoms with E-state index >= 15 is 0 Å². The maximum absolute atomic E-state index is 5.45. The lowest BCUT2D eigenvalue weighted by Crippen LogP contribution is -1.81. The third-order valence-corrected chi connectivity index (χ3v) is 1.17. The molecule has 0 atom stereocenters. The van der Waals surface area contributed by atoms with Crippen LogP contribution in [0.4, 0.5) is 5.69 Å². The molecule has 0 amide bonds. The van der Waals surface area contributed by atoms with Crippen molar-refractivity contribution in [3.05, 3.63) is 36.4 Å². The smallest absolute Gasteiger partial charge is 0.0314 e. The van der Waals surface area contributed by atoms with E-state index in [0.29, 0.717) is 0 Å². The molecular formula is C12H21N. The van der Waals surface area contributed by atoms with Crippen molar-refractivity contribution >= 4 is 11.8 Å². The van der Waals surface area contributed by atoms with E-state index in [9.17, 15) is 0 Å². The molecular weight excluding hydrogens is 158 g/mol. The Bertz CT molecular complexity index is 199. The van der Waals surface area contributed by atoms with Crippen LogP contribution in [-0.4, -0.2) is 0 Å². The maximum Gasteiger partial charge on any atom is 0.0314 e. The Morgan fingerprint density at radius 2 is 1.38 bits per heavy atom. The van der Waals surface area contributed by atoms with Crippen molar-refractivity contribution in [3.63, 3.8) is 0 Å². The Morgan fingerprint density at radius 3 is 1.69 bits per heavy atom. The first-order chi connectivity index (χ1) is 6.33. The minimum atomic E-state index is 0.792. The minimum Gasteiger partial charge on any atom is -0.399 e. The SMILES string of the molecule is C=Cc1ccc(N)cc1.CC.CC. The van der Waals surface area contributed by atoms with Crippen molar-refractivity contribution in [3.8, 4) is 0 Å². The lowest BCUT2D eigenvalue weighted by molar-refractivity contribution is 1.50. The van der Waals surface area contributed by atoms with Gasteiger partial charge in [0.2, 0.25) is 0 Å². The fourth-order valence-electron chi connectivity index (χ4n) is 0.632. The molecule has 0 spiro atoms. The van der Waals surface area contributed by atoms with E-state index in [-0.39, 0.29) is 0 Å². The van der Waals surface area contributed by atoms with Crippen LogP contribution in [-0.2, 0) is 0 Å². The highest BCUT2D eigenvalue weighted by Crippen LogP contribution is 2.05. The Balaban J connectivity index is 0. The number of hydrogen-bond acceptors (Lipinski definition) is 1. The second kappa shape index (κ2) is 10.8. The molecule has 1 rings (SSSR count). The van der Waals surface area contributed by atoms with Gasteiger partial charge < -0.3 is 5.73 Å². The summed E-state index contributed by atoms with van der Waals surface area (Å²) in [6.07, 6.45) is 1.79. The van der Waals surface area contributed by atoms with E-state index in [1.54, 1.807) is 6.08 Å². The topological polar surface area (TPSA) is 26.0 Å². The van der Waals surface area contributed by atoms with E-state index in [1.165, 1.54) is 0 Å². The Morgan fingerprint density at radius 1 is 1.00 bits per heavy atom. The van der Waals surface area contributed by atoms with E-state index in [1.807, 2.05) is 52.0 Å². The standard InChI is InChI=1S/C8H9N.2C2H6/c1-2-7-3-5-8(9)6-4-7;2*1-2/h2-6H,1,9H2;2*1-2H3. The summed E-state index contributed by atoms with van der Waals surface area (Å²) in [4.78, 5) is 0. The van der Waals surface area contributed by atoms with Gasteiger partial charge in [-0.15, -0.1) is 0 Å². The van der Waals surface area contributed by atoms with E-state index in [2.05, 4.69) is 6.58 Å². The number of benzene rings is 1. The molecule has 0 aliphatic rings. The normalized spacial score (nSPS) is 7.08. The number of anilines is 1. The number of rotatable bonds is 1. The molecule has 0 fully saturated rings. The molecule has 0 saturated carbocycles. The average Bonchev–Trinajstić information content (AvgIpc) is 2.25. The molecule has 0 radical (unpaired) electrons. The highest BCUT2D eigenvalue weighted by atomic mass is 14.5. The van der Waals surface area contributed by atoms with E-state index in [0.717, 1.165) is 11.3 Å². The number of nitrogens with two attached hydrogens (primary N) is 1. The lowest BCUT2D eigenvalue weighted by atomic mass is 10.2. The monoisotopic (exact) mass is 179 g/mol. The average molecular weight is 179 g/mol. The predicted molar refractivity (Wildman–Crippen MR) is 63.6 cm³/mol. The van der Waals surface area contributed by atoms with Gasteiger partial charge in [-0.25, -0.2) is 0 Å². The molecule has 74 valence electrons. The van der Waals surface area contributed by atoms with Crippen molar-refractivity contribution < 1.29 is 0 Å². The zero-order valence-corrected chi connectivity index (χ0v) is 9.17. The zero-order chi connectivity index (χ0) is 10.7. The molecule has 0 bridgehead atoms. The summed E-state index contributed by atoms with van der Waals surface area (Å²) in [5.74, 6) is 0. The molecule has 13 heavy (non-hydrogen) atoms. The number of nitrogen functional groups attached to an aromatic ring is 1. The van der Waals surface area contributed by atoms with E-state index < -0.39 is 0 Å². The van der Waals surface area contributed by atoms with Gasteiger partial charge in [0.15, 0.2) is 0 Å². The van der Waals surface area contributed by atoms with Gasteiger partial charge in [-0.2, -0.15) is 0 Å². The third kappa shape index (κ3) is 7.13. The van der Waals surface area contributed by atoms with Crippen LogP contribution in [0.3, 0.4) is 0 Å². The molecule has 0 aromatic heterocycles. The van der Waals surface area contributed by atoms with Crippen molar-refractivity contribution in [2.75, 3.05) is 5.73 Å². The summed E-state index contributed by atoms with van der Waals surface area (Å²) < 4.78 is 0. The summed E-state index contributed by atoms with van der Waals surface area (Å²) in [5, 5.41) is 0. The first kappa shape index (κ1) is 14.3. The fourth-order valence-corrected chi connectivity index (χ4v) is 0.632. The largest absolute Gasteiger partial charge is 0.399 e. The van der Waals surface area contributed by atoms with Gasteiger partial charge in [-0.3, -0.25) is 0 Å². The van der Waals surface area contributed by atoms with Crippen molar-refractivity contribution in [1.82, 2.24) is 0 Å². The highest BCUT2D eigenvalue weighted by molar-refractivity contribution is 5.51. The van der Waals surface area contributed by atoms with Gasteiger partial charge >= 0.3 is 0 Å². The predicted octanol–water partition coefficient (Wildman–Crippen LogP) is 3.96. The van der Waals surface area contributed by atoms with Gasteiger partial charge in [0, 0.05) is 5.69 Å². The summed E-state index contributed by atoms with van der Waals surface area (Å²) in [6.45, 7) is 11.6. The van der Waals surface area contributed by atoms with Crippen molar-refractivity contribution in [2.45, 2.75) is 27.7 Å². The summed E-state index contributed by atoms with van der Waals surface area (Å²) in [7, 11) is 0. The van der Waals surface area contributed by atoms with Gasteiger partial charge in [0.05, 0.1) is 0 Å². The summed E-state index contributed by atoms with van der Waals surface area (Å²) >= 11 is 0. The second-order valence-corrected chi connectivity index (χ2v) is 1.87. The summed E-state index contributed by atoms with van der Waals surface area (Å²) in [5.41, 5.74) is 7.34. The molecule has 1 aromatic rings. The molecule has 2 N–H and O–H groups in total. The van der Waals surface area contributed by atoms with Gasteiger partial charge in [-0.05, 0) is 17.7 Å². The third-order valence-electron chi connectivity index (χ3n) is 1.17. The molecule has 1 aromatic carbocycles. The number of hydrogen-bond donors (Lipinski definition) is 1. The van der Waals surface area contributed by atoms with Crippen molar-refractivity contribution in [1.29, 1.82) is 0 Å². The first-order valence-corrected chi connectivity index (χ1v) is 4.81. The molecule has 0 heterocycles. The molecule has 0 unspecified atom stereocenters. The molecule has 0 aliphatic carbocycles. The molecule has 0 aliphatic heterocycles. The van der Waals surface area contributed by atoms with Crippen LogP contribution in [0.15, 0.2) is 30.8 Å². The maximum atomic E-state index is 5.45. The fraction of sp³-hybridized carbons (Fsp3) is 0.333. The van der Waals surface area contributed by atoms with Gasteiger partial charge in [0.25, 0.3) is 0 Å². The van der Waals surface area contributed by atoms with Crippen LogP contribution in [0.2, 0.25) is 0 Å².